The smallest absolute Gasteiger partial charge is 0.161 e. The third kappa shape index (κ3) is 2.88. The van der Waals surface area contributed by atoms with Crippen LogP contribution in [0.1, 0.15) is 18.2 Å². The Kier molecular flexibility index (Phi) is 4.39. The molecule has 100 valence electrons. The molecule has 0 fully saturated rings. The van der Waals surface area contributed by atoms with Gasteiger partial charge in [-0.15, -0.1) is 11.8 Å². The average molecular weight is 274 g/mol. The molecule has 0 spiro atoms. The Balaban J connectivity index is 2.47. The van der Waals surface area contributed by atoms with Crippen LogP contribution >= 0.6 is 11.8 Å². The number of thioether (sulfide) groups is 1. The standard InChI is InChI=1S/C14H18N4S/c1-4-12-9(2)16-13(17-14(12)18-15)10-5-7-11(19-3)8-6-10/h5-8H,4,15H2,1-3H3,(H,16,17,18). The summed E-state index contributed by atoms with van der Waals surface area (Å²) in [7, 11) is 0. The highest BCUT2D eigenvalue weighted by atomic mass is 32.2. The maximum Gasteiger partial charge on any atom is 0.161 e. The van der Waals surface area contributed by atoms with Gasteiger partial charge in [0.05, 0.1) is 0 Å². The number of nitrogens with one attached hydrogen (secondary N) is 1. The van der Waals surface area contributed by atoms with Crippen LogP contribution in [0.15, 0.2) is 29.2 Å². The molecule has 0 bridgehead atoms. The van der Waals surface area contributed by atoms with E-state index in [0.717, 1.165) is 23.2 Å². The Morgan fingerprint density at radius 1 is 1.21 bits per heavy atom. The number of nitrogen functional groups attached to an aromatic ring is 1. The van der Waals surface area contributed by atoms with Crippen molar-refractivity contribution in [1.82, 2.24) is 9.97 Å². The van der Waals surface area contributed by atoms with Gasteiger partial charge in [0.25, 0.3) is 0 Å². The van der Waals surface area contributed by atoms with Crippen molar-refractivity contribution in [2.75, 3.05) is 11.7 Å². The molecule has 2 aromatic rings. The van der Waals surface area contributed by atoms with E-state index in [9.17, 15) is 0 Å². The van der Waals surface area contributed by atoms with Crippen LogP contribution in [0.4, 0.5) is 5.82 Å². The van der Waals surface area contributed by atoms with Crippen LogP contribution in [0.3, 0.4) is 0 Å². The SMILES string of the molecule is CCc1c(C)nc(-c2ccc(SC)cc2)nc1NN. The molecule has 0 aliphatic heterocycles. The molecule has 0 saturated heterocycles. The van der Waals surface area contributed by atoms with Crippen LogP contribution in [-0.2, 0) is 6.42 Å². The highest BCUT2D eigenvalue weighted by Gasteiger charge is 2.10. The molecule has 1 aromatic heterocycles. The van der Waals surface area contributed by atoms with E-state index in [2.05, 4.69) is 40.7 Å². The van der Waals surface area contributed by atoms with Gasteiger partial charge >= 0.3 is 0 Å². The monoisotopic (exact) mass is 274 g/mol. The zero-order valence-electron chi connectivity index (χ0n) is 11.4. The van der Waals surface area contributed by atoms with E-state index in [4.69, 9.17) is 5.84 Å². The van der Waals surface area contributed by atoms with Crippen molar-refractivity contribution >= 4 is 17.6 Å². The molecule has 0 aliphatic carbocycles. The minimum Gasteiger partial charge on any atom is -0.308 e. The lowest BCUT2D eigenvalue weighted by atomic mass is 10.1. The summed E-state index contributed by atoms with van der Waals surface area (Å²) >= 11 is 1.72. The second-order valence-corrected chi connectivity index (χ2v) is 5.07. The van der Waals surface area contributed by atoms with Crippen LogP contribution in [0, 0.1) is 6.92 Å². The van der Waals surface area contributed by atoms with Crippen molar-refractivity contribution < 1.29 is 0 Å². The van der Waals surface area contributed by atoms with Gasteiger partial charge in [-0.25, -0.2) is 15.8 Å². The summed E-state index contributed by atoms with van der Waals surface area (Å²) in [4.78, 5) is 10.3. The van der Waals surface area contributed by atoms with Crippen molar-refractivity contribution in [3.05, 3.63) is 35.5 Å². The summed E-state index contributed by atoms with van der Waals surface area (Å²) in [6.07, 6.45) is 2.92. The molecular weight excluding hydrogens is 256 g/mol. The number of nitrogens with zero attached hydrogens (tertiary/aromatic N) is 2. The quantitative estimate of drug-likeness (QED) is 0.510. The van der Waals surface area contributed by atoms with E-state index in [1.165, 1.54) is 4.90 Å². The Hall–Kier alpha value is -1.59. The minimum atomic E-state index is 0.704. The first kappa shape index (κ1) is 13.8. The molecule has 0 saturated carbocycles. The summed E-state index contributed by atoms with van der Waals surface area (Å²) in [6, 6.07) is 8.21. The minimum absolute atomic E-state index is 0.704. The molecule has 0 unspecified atom stereocenters. The zero-order chi connectivity index (χ0) is 13.8. The summed E-state index contributed by atoms with van der Waals surface area (Å²) < 4.78 is 0. The molecule has 3 N–H and O–H groups in total. The maximum absolute atomic E-state index is 5.54. The largest absolute Gasteiger partial charge is 0.308 e. The number of aromatic nitrogens is 2. The van der Waals surface area contributed by atoms with Gasteiger partial charge in [0, 0.05) is 21.7 Å². The first-order valence-corrected chi connectivity index (χ1v) is 7.40. The van der Waals surface area contributed by atoms with E-state index >= 15 is 0 Å². The Morgan fingerprint density at radius 3 is 2.42 bits per heavy atom. The average Bonchev–Trinajstić information content (AvgIpc) is 2.46. The fourth-order valence-electron chi connectivity index (χ4n) is 2.01. The fraction of sp³-hybridized carbons (Fsp3) is 0.286. The number of anilines is 1. The molecule has 1 heterocycles. The maximum atomic E-state index is 5.54. The number of rotatable bonds is 4. The van der Waals surface area contributed by atoms with Gasteiger partial charge < -0.3 is 5.43 Å². The molecule has 19 heavy (non-hydrogen) atoms. The van der Waals surface area contributed by atoms with E-state index in [1.807, 2.05) is 19.1 Å². The highest BCUT2D eigenvalue weighted by molar-refractivity contribution is 7.98. The van der Waals surface area contributed by atoms with E-state index in [-0.39, 0.29) is 0 Å². The van der Waals surface area contributed by atoms with Crippen molar-refractivity contribution in [3.8, 4) is 11.4 Å². The van der Waals surface area contributed by atoms with Gasteiger partial charge in [0.15, 0.2) is 5.82 Å². The molecule has 5 heteroatoms. The lowest BCUT2D eigenvalue weighted by molar-refractivity contribution is 0.995. The van der Waals surface area contributed by atoms with Gasteiger partial charge in [0.2, 0.25) is 0 Å². The first-order valence-electron chi connectivity index (χ1n) is 6.18. The molecule has 2 rings (SSSR count). The molecule has 0 radical (unpaired) electrons. The predicted molar refractivity (Wildman–Crippen MR) is 81.2 cm³/mol. The Labute approximate surface area is 117 Å². The van der Waals surface area contributed by atoms with Crippen LogP contribution < -0.4 is 11.3 Å². The lowest BCUT2D eigenvalue weighted by Crippen LogP contribution is -2.13. The number of hydrogen-bond acceptors (Lipinski definition) is 5. The molecule has 4 nitrogen and oxygen atoms in total. The van der Waals surface area contributed by atoms with Gasteiger partial charge in [-0.05, 0) is 31.7 Å². The number of hydrazine groups is 1. The first-order chi connectivity index (χ1) is 9.19. The Bertz CT molecular complexity index is 566. The van der Waals surface area contributed by atoms with E-state index < -0.39 is 0 Å². The van der Waals surface area contributed by atoms with Crippen LogP contribution in [-0.4, -0.2) is 16.2 Å². The van der Waals surface area contributed by atoms with E-state index in [0.29, 0.717) is 11.6 Å². The summed E-state index contributed by atoms with van der Waals surface area (Å²) in [5.41, 5.74) is 5.69. The summed E-state index contributed by atoms with van der Waals surface area (Å²) in [5.74, 6) is 6.96. The second-order valence-electron chi connectivity index (χ2n) is 4.19. The topological polar surface area (TPSA) is 63.8 Å². The second kappa shape index (κ2) is 6.04. The molecule has 1 aromatic carbocycles. The van der Waals surface area contributed by atoms with Gasteiger partial charge in [0.1, 0.15) is 5.82 Å². The molecule has 0 atom stereocenters. The van der Waals surface area contributed by atoms with Crippen molar-refractivity contribution in [3.63, 3.8) is 0 Å². The van der Waals surface area contributed by atoms with E-state index in [1.54, 1.807) is 11.8 Å². The molecular formula is C14H18N4S. The summed E-state index contributed by atoms with van der Waals surface area (Å²) in [5, 5.41) is 0. The zero-order valence-corrected chi connectivity index (χ0v) is 12.2. The summed E-state index contributed by atoms with van der Waals surface area (Å²) in [6.45, 7) is 4.06. The lowest BCUT2D eigenvalue weighted by Gasteiger charge is -2.11. The van der Waals surface area contributed by atoms with Crippen LogP contribution in [0.5, 0.6) is 0 Å². The predicted octanol–water partition coefficient (Wildman–Crippen LogP) is 3.02. The third-order valence-electron chi connectivity index (χ3n) is 3.05. The molecule has 0 aliphatic rings. The van der Waals surface area contributed by atoms with Gasteiger partial charge in [-0.3, -0.25) is 0 Å². The van der Waals surface area contributed by atoms with Gasteiger partial charge in [-0.1, -0.05) is 19.1 Å². The van der Waals surface area contributed by atoms with Crippen molar-refractivity contribution in [2.24, 2.45) is 5.84 Å². The highest BCUT2D eigenvalue weighted by Crippen LogP contribution is 2.24. The normalized spacial score (nSPS) is 10.5. The number of hydrogen-bond donors (Lipinski definition) is 2. The third-order valence-corrected chi connectivity index (χ3v) is 3.80. The molecule has 0 amide bonds. The van der Waals surface area contributed by atoms with Crippen LogP contribution in [0.2, 0.25) is 0 Å². The Morgan fingerprint density at radius 2 is 1.89 bits per heavy atom. The van der Waals surface area contributed by atoms with Gasteiger partial charge in [-0.2, -0.15) is 0 Å². The van der Waals surface area contributed by atoms with Crippen LogP contribution in [0.25, 0.3) is 11.4 Å². The number of benzene rings is 1. The van der Waals surface area contributed by atoms with Crippen molar-refractivity contribution in [1.29, 1.82) is 0 Å². The fourth-order valence-corrected chi connectivity index (χ4v) is 2.42. The van der Waals surface area contributed by atoms with Crippen molar-refractivity contribution in [2.45, 2.75) is 25.2 Å². The number of nitrogens with two attached hydrogens (primary N) is 1. The number of aryl methyl sites for hydroxylation is 1.